The van der Waals surface area contributed by atoms with Crippen molar-refractivity contribution >= 4 is 19.4 Å². The zero-order valence-electron chi connectivity index (χ0n) is 19.2. The molecule has 0 saturated carbocycles. The first-order chi connectivity index (χ1) is 15.2. The van der Waals surface area contributed by atoms with Gasteiger partial charge in [0.05, 0.1) is 0 Å². The zero-order chi connectivity index (χ0) is 22.8. The average molecular weight is 492 g/mol. The van der Waals surface area contributed by atoms with Gasteiger partial charge in [-0.25, -0.2) is 0 Å². The van der Waals surface area contributed by atoms with E-state index in [1.54, 1.807) is 12.1 Å². The van der Waals surface area contributed by atoms with Crippen LogP contribution in [0.15, 0.2) is 66.7 Å². The molecule has 0 atom stereocenters. The number of hydrogen-bond donors (Lipinski definition) is 0. The molecule has 4 rings (SSSR count). The van der Waals surface area contributed by atoms with Crippen LogP contribution < -0.4 is 9.20 Å². The van der Waals surface area contributed by atoms with E-state index in [1.807, 2.05) is 36.4 Å². The number of halogens is 1. The second-order valence-corrected chi connectivity index (χ2v) is 11.6. The third kappa shape index (κ3) is 5.09. The van der Waals surface area contributed by atoms with E-state index in [4.69, 9.17) is 4.74 Å². The van der Waals surface area contributed by atoms with Crippen molar-refractivity contribution in [2.24, 2.45) is 0 Å². The van der Waals surface area contributed by atoms with Crippen molar-refractivity contribution in [2.45, 2.75) is 58.0 Å². The number of benzene rings is 3. The maximum absolute atomic E-state index is 13.7. The summed E-state index contributed by atoms with van der Waals surface area (Å²) in [6.07, 6.45) is 2.25. The first-order valence-electron chi connectivity index (χ1n) is 11.0. The monoisotopic (exact) mass is 492 g/mol. The van der Waals surface area contributed by atoms with Gasteiger partial charge >= 0.3 is 198 Å². The Morgan fingerprint density at radius 2 is 1.66 bits per heavy atom. The van der Waals surface area contributed by atoms with Gasteiger partial charge in [0.1, 0.15) is 0 Å². The normalized spacial score (nSPS) is 15.9. The Morgan fingerprint density at radius 3 is 2.41 bits per heavy atom. The second kappa shape index (κ2) is 9.14. The van der Waals surface area contributed by atoms with E-state index < -0.39 is 0 Å². The van der Waals surface area contributed by atoms with Crippen LogP contribution in [0.25, 0.3) is 0 Å². The second-order valence-electron chi connectivity index (χ2n) is 9.73. The quantitative estimate of drug-likeness (QED) is 0.317. The zero-order valence-corrected chi connectivity index (χ0v) is 20.9. The van der Waals surface area contributed by atoms with Crippen molar-refractivity contribution in [1.29, 1.82) is 0 Å². The Kier molecular flexibility index (Phi) is 6.47. The van der Waals surface area contributed by atoms with Gasteiger partial charge in [0.15, 0.2) is 0 Å². The van der Waals surface area contributed by atoms with E-state index in [0.29, 0.717) is 6.61 Å². The molecule has 0 amide bonds. The summed E-state index contributed by atoms with van der Waals surface area (Å²) in [6, 6.07) is 21.3. The molecular formula is C29H29FOSe. The van der Waals surface area contributed by atoms with Gasteiger partial charge in [0.25, 0.3) is 0 Å². The molecule has 0 bridgehead atoms. The number of fused-ring (bicyclic) bond motifs is 1. The molecule has 0 radical (unpaired) electrons. The summed E-state index contributed by atoms with van der Waals surface area (Å²) in [5, 5.41) is 0. The van der Waals surface area contributed by atoms with Crippen LogP contribution in [0.4, 0.5) is 4.39 Å². The van der Waals surface area contributed by atoms with Crippen molar-refractivity contribution in [2.75, 3.05) is 0 Å². The standard InChI is InChI=1S/C29H29FOSe/c1-28(2)14-15-29(3,4)27-25(28)18-24(32-16-13-21-9-6-5-7-10-21)19-26(27)31-20-22-11-8-12-23(30)17-22/h5-12,17-19H,14-15,20H2,1-4H3. The fourth-order valence-electron chi connectivity index (χ4n) is 4.33. The Labute approximate surface area is 197 Å². The van der Waals surface area contributed by atoms with Crippen LogP contribution in [-0.4, -0.2) is 15.0 Å². The van der Waals surface area contributed by atoms with E-state index in [2.05, 4.69) is 50.6 Å². The predicted octanol–water partition coefficient (Wildman–Crippen LogP) is 6.09. The van der Waals surface area contributed by atoms with Gasteiger partial charge < -0.3 is 0 Å². The third-order valence-electron chi connectivity index (χ3n) is 6.28. The van der Waals surface area contributed by atoms with Crippen LogP contribution in [0.1, 0.15) is 62.8 Å². The van der Waals surface area contributed by atoms with E-state index in [0.717, 1.165) is 29.7 Å². The summed E-state index contributed by atoms with van der Waals surface area (Å²) < 4.78 is 21.3. The molecule has 0 heterocycles. The Morgan fingerprint density at radius 1 is 0.906 bits per heavy atom. The van der Waals surface area contributed by atoms with Crippen LogP contribution in [0.5, 0.6) is 5.75 Å². The van der Waals surface area contributed by atoms with Gasteiger partial charge in [0, 0.05) is 0 Å². The van der Waals surface area contributed by atoms with Crippen molar-refractivity contribution in [1.82, 2.24) is 0 Å². The van der Waals surface area contributed by atoms with Crippen LogP contribution in [-0.2, 0) is 17.4 Å². The van der Waals surface area contributed by atoms with Crippen molar-refractivity contribution in [3.8, 4) is 16.5 Å². The fraction of sp³-hybridized carbons (Fsp3) is 0.310. The molecule has 0 aliphatic heterocycles. The van der Waals surface area contributed by atoms with Gasteiger partial charge in [-0.05, 0) is 0 Å². The molecule has 3 aromatic rings. The molecule has 32 heavy (non-hydrogen) atoms. The van der Waals surface area contributed by atoms with Gasteiger partial charge in [-0.15, -0.1) is 0 Å². The molecule has 0 aromatic heterocycles. The molecular weight excluding hydrogens is 462 g/mol. The Hall–Kier alpha value is -2.53. The molecule has 3 aromatic carbocycles. The van der Waals surface area contributed by atoms with E-state index >= 15 is 0 Å². The first-order valence-corrected chi connectivity index (χ1v) is 12.8. The summed E-state index contributed by atoms with van der Waals surface area (Å²) in [7, 11) is 0. The Balaban J connectivity index is 1.71. The van der Waals surface area contributed by atoms with Gasteiger partial charge in [0.2, 0.25) is 0 Å². The van der Waals surface area contributed by atoms with Crippen molar-refractivity contribution in [3.63, 3.8) is 0 Å². The molecule has 1 aliphatic carbocycles. The summed E-state index contributed by atoms with van der Waals surface area (Å²) in [5.41, 5.74) is 4.65. The maximum atomic E-state index is 13.7. The molecule has 1 nitrogen and oxygen atoms in total. The molecule has 3 heteroatoms. The average Bonchev–Trinajstić information content (AvgIpc) is 2.76. The molecule has 0 fully saturated rings. The predicted molar refractivity (Wildman–Crippen MR) is 131 cm³/mol. The van der Waals surface area contributed by atoms with Crippen LogP contribution >= 0.6 is 0 Å². The van der Waals surface area contributed by atoms with Crippen molar-refractivity contribution < 1.29 is 9.13 Å². The fourth-order valence-corrected chi connectivity index (χ4v) is 5.65. The van der Waals surface area contributed by atoms with Crippen LogP contribution in [0.3, 0.4) is 0 Å². The summed E-state index contributed by atoms with van der Waals surface area (Å²) >= 11 is 0.0134. The number of rotatable bonds is 4. The SMILES string of the molecule is CC1(C)CCC(C)(C)c2c(OCc3cccc(F)c3)cc([Se]C#Cc3ccccc3)cc21. The van der Waals surface area contributed by atoms with Gasteiger partial charge in [-0.3, -0.25) is 0 Å². The molecule has 0 spiro atoms. The minimum atomic E-state index is -0.233. The topological polar surface area (TPSA) is 9.23 Å². The third-order valence-corrected chi connectivity index (χ3v) is 7.70. The molecule has 0 saturated heterocycles. The molecule has 1 aliphatic rings. The molecule has 164 valence electrons. The van der Waals surface area contributed by atoms with Gasteiger partial charge in [-0.2, -0.15) is 0 Å². The van der Waals surface area contributed by atoms with Crippen molar-refractivity contribution in [3.05, 3.63) is 94.8 Å². The summed E-state index contributed by atoms with van der Waals surface area (Å²) in [6.45, 7) is 9.60. The van der Waals surface area contributed by atoms with Crippen LogP contribution in [0, 0.1) is 16.6 Å². The first kappa shape index (κ1) is 22.7. The minimum absolute atomic E-state index is 0.0134. The van der Waals surface area contributed by atoms with Gasteiger partial charge in [-0.1, -0.05) is 0 Å². The number of ether oxygens (including phenoxy) is 1. The summed E-state index contributed by atoms with van der Waals surface area (Å²) in [4.78, 5) is 3.39. The number of hydrogen-bond acceptors (Lipinski definition) is 1. The van der Waals surface area contributed by atoms with Crippen LogP contribution in [0.2, 0.25) is 0 Å². The molecule has 0 N–H and O–H groups in total. The van der Waals surface area contributed by atoms with E-state index in [1.165, 1.54) is 21.7 Å². The molecule has 0 unspecified atom stereocenters. The van der Waals surface area contributed by atoms with E-state index in [9.17, 15) is 4.39 Å². The Bertz CT molecular complexity index is 1170. The van der Waals surface area contributed by atoms with E-state index in [-0.39, 0.29) is 31.6 Å². The summed E-state index contributed by atoms with van der Waals surface area (Å²) in [5.74, 6) is 3.97.